The molecular formula is C16H22ClNO. The first-order valence-electron chi connectivity index (χ1n) is 7.16. The first kappa shape index (κ1) is 14.4. The summed E-state index contributed by atoms with van der Waals surface area (Å²) in [6.07, 6.45) is 6.50. The van der Waals surface area contributed by atoms with E-state index >= 15 is 0 Å². The second-order valence-corrected chi connectivity index (χ2v) is 6.05. The Kier molecular flexibility index (Phi) is 4.87. The molecule has 2 rings (SSSR count). The normalized spacial score (nSPS) is 18.0. The van der Waals surface area contributed by atoms with Gasteiger partial charge in [0, 0.05) is 5.56 Å². The van der Waals surface area contributed by atoms with Crippen molar-refractivity contribution in [1.29, 1.82) is 0 Å². The minimum Gasteiger partial charge on any atom is -0.410 e. The standard InChI is InChI=1S/C16H22ClNO/c1-11(2)15-13(12-7-4-3-5-8-12)9-6-10-14(15)16(17)18-19/h6,9-12,19H,3-5,7-8H2,1-2H3. The summed E-state index contributed by atoms with van der Waals surface area (Å²) < 4.78 is 0. The van der Waals surface area contributed by atoms with Crippen molar-refractivity contribution >= 4 is 16.8 Å². The van der Waals surface area contributed by atoms with Crippen molar-refractivity contribution in [2.24, 2.45) is 5.16 Å². The highest BCUT2D eigenvalue weighted by molar-refractivity contribution is 6.69. The second kappa shape index (κ2) is 6.42. The van der Waals surface area contributed by atoms with Crippen molar-refractivity contribution in [3.05, 3.63) is 34.9 Å². The molecule has 1 saturated carbocycles. The lowest BCUT2D eigenvalue weighted by Gasteiger charge is -2.27. The van der Waals surface area contributed by atoms with Crippen molar-refractivity contribution in [1.82, 2.24) is 0 Å². The first-order chi connectivity index (χ1) is 9.15. The van der Waals surface area contributed by atoms with Crippen LogP contribution >= 0.6 is 11.6 Å². The predicted molar refractivity (Wildman–Crippen MR) is 80.5 cm³/mol. The first-order valence-corrected chi connectivity index (χ1v) is 7.53. The number of rotatable bonds is 3. The average Bonchev–Trinajstić information content (AvgIpc) is 2.46. The monoisotopic (exact) mass is 279 g/mol. The molecule has 1 aliphatic carbocycles. The molecule has 3 heteroatoms. The van der Waals surface area contributed by atoms with E-state index in [-0.39, 0.29) is 5.17 Å². The highest BCUT2D eigenvalue weighted by atomic mass is 35.5. The molecule has 104 valence electrons. The van der Waals surface area contributed by atoms with Crippen LogP contribution in [0.3, 0.4) is 0 Å². The zero-order valence-corrected chi connectivity index (χ0v) is 12.5. The summed E-state index contributed by atoms with van der Waals surface area (Å²) in [6, 6.07) is 6.19. The van der Waals surface area contributed by atoms with E-state index in [0.717, 1.165) is 5.56 Å². The molecule has 1 N–H and O–H groups in total. The fraction of sp³-hybridized carbons (Fsp3) is 0.562. The van der Waals surface area contributed by atoms with Crippen LogP contribution in [0.5, 0.6) is 0 Å². The third-order valence-corrected chi connectivity index (χ3v) is 4.35. The summed E-state index contributed by atoms with van der Waals surface area (Å²) in [5.74, 6) is 1.01. The molecule has 0 heterocycles. The maximum Gasteiger partial charge on any atom is 0.175 e. The van der Waals surface area contributed by atoms with Crippen molar-refractivity contribution < 1.29 is 5.21 Å². The number of hydrogen-bond donors (Lipinski definition) is 1. The lowest BCUT2D eigenvalue weighted by atomic mass is 9.78. The van der Waals surface area contributed by atoms with Gasteiger partial charge >= 0.3 is 0 Å². The Morgan fingerprint density at radius 1 is 1.26 bits per heavy atom. The van der Waals surface area contributed by atoms with Crippen LogP contribution in [0.1, 0.15) is 74.5 Å². The Labute approximate surface area is 120 Å². The van der Waals surface area contributed by atoms with Gasteiger partial charge in [0.25, 0.3) is 0 Å². The van der Waals surface area contributed by atoms with Gasteiger partial charge in [-0.1, -0.05) is 68.1 Å². The molecule has 2 nitrogen and oxygen atoms in total. The topological polar surface area (TPSA) is 32.6 Å². The SMILES string of the molecule is CC(C)c1c(C(Cl)=NO)cccc1C1CCCCC1. The van der Waals surface area contributed by atoms with Crippen molar-refractivity contribution in [3.63, 3.8) is 0 Å². The van der Waals surface area contributed by atoms with Gasteiger partial charge in [0.05, 0.1) is 0 Å². The van der Waals surface area contributed by atoms with Crippen LogP contribution in [0.25, 0.3) is 0 Å². The van der Waals surface area contributed by atoms with Crippen molar-refractivity contribution in [2.45, 2.75) is 57.8 Å². The third kappa shape index (κ3) is 3.11. The van der Waals surface area contributed by atoms with E-state index < -0.39 is 0 Å². The summed E-state index contributed by atoms with van der Waals surface area (Å²) in [5, 5.41) is 12.3. The maximum absolute atomic E-state index is 8.95. The third-order valence-electron chi connectivity index (χ3n) is 4.07. The van der Waals surface area contributed by atoms with Crippen LogP contribution in [0.4, 0.5) is 0 Å². The van der Waals surface area contributed by atoms with Gasteiger partial charge in [-0.2, -0.15) is 0 Å². The van der Waals surface area contributed by atoms with E-state index in [9.17, 15) is 0 Å². The van der Waals surface area contributed by atoms with Crippen LogP contribution in [0, 0.1) is 0 Å². The average molecular weight is 280 g/mol. The molecule has 0 radical (unpaired) electrons. The lowest BCUT2D eigenvalue weighted by molar-refractivity contribution is 0.320. The molecule has 0 unspecified atom stereocenters. The van der Waals surface area contributed by atoms with Crippen LogP contribution in [-0.4, -0.2) is 10.4 Å². The summed E-state index contributed by atoms with van der Waals surface area (Å²) in [6.45, 7) is 4.35. The number of benzene rings is 1. The summed E-state index contributed by atoms with van der Waals surface area (Å²) >= 11 is 6.05. The molecule has 0 bridgehead atoms. The van der Waals surface area contributed by atoms with E-state index in [1.807, 2.05) is 12.1 Å². The zero-order chi connectivity index (χ0) is 13.8. The highest BCUT2D eigenvalue weighted by Crippen LogP contribution is 2.38. The number of oxime groups is 1. The molecular weight excluding hydrogens is 258 g/mol. The van der Waals surface area contributed by atoms with Gasteiger partial charge in [-0.25, -0.2) is 0 Å². The Morgan fingerprint density at radius 3 is 2.53 bits per heavy atom. The second-order valence-electron chi connectivity index (χ2n) is 5.69. The smallest absolute Gasteiger partial charge is 0.175 e. The van der Waals surface area contributed by atoms with E-state index in [4.69, 9.17) is 16.8 Å². The molecule has 1 fully saturated rings. The van der Waals surface area contributed by atoms with E-state index in [1.54, 1.807) is 0 Å². The molecule has 1 aliphatic rings. The molecule has 1 aromatic rings. The Morgan fingerprint density at radius 2 is 1.95 bits per heavy atom. The van der Waals surface area contributed by atoms with E-state index in [1.165, 1.54) is 43.2 Å². The van der Waals surface area contributed by atoms with Gasteiger partial charge in [-0.15, -0.1) is 0 Å². The molecule has 0 aliphatic heterocycles. The molecule has 0 atom stereocenters. The molecule has 0 aromatic heterocycles. The largest absolute Gasteiger partial charge is 0.410 e. The van der Waals surface area contributed by atoms with Crippen molar-refractivity contribution in [3.8, 4) is 0 Å². The quantitative estimate of drug-likeness (QED) is 0.458. The van der Waals surface area contributed by atoms with Gasteiger partial charge < -0.3 is 5.21 Å². The van der Waals surface area contributed by atoms with Gasteiger partial charge in [0.1, 0.15) is 0 Å². The summed E-state index contributed by atoms with van der Waals surface area (Å²) in [5.41, 5.74) is 3.52. The van der Waals surface area contributed by atoms with Gasteiger partial charge in [0.2, 0.25) is 0 Å². The van der Waals surface area contributed by atoms with E-state index in [0.29, 0.717) is 11.8 Å². The summed E-state index contributed by atoms with van der Waals surface area (Å²) in [4.78, 5) is 0. The van der Waals surface area contributed by atoms with Crippen LogP contribution in [0.15, 0.2) is 23.4 Å². The Balaban J connectivity index is 2.47. The highest BCUT2D eigenvalue weighted by Gasteiger charge is 2.22. The molecule has 0 amide bonds. The Hall–Kier alpha value is -1.02. The molecule has 19 heavy (non-hydrogen) atoms. The molecule has 0 saturated heterocycles. The van der Waals surface area contributed by atoms with E-state index in [2.05, 4.69) is 25.1 Å². The van der Waals surface area contributed by atoms with Crippen LogP contribution in [-0.2, 0) is 0 Å². The predicted octanol–water partition coefficient (Wildman–Crippen LogP) is 5.23. The minimum absolute atomic E-state index is 0.196. The number of hydrogen-bond acceptors (Lipinski definition) is 2. The van der Waals surface area contributed by atoms with Crippen molar-refractivity contribution in [2.75, 3.05) is 0 Å². The number of halogens is 1. The molecule has 0 spiro atoms. The van der Waals surface area contributed by atoms with Crippen LogP contribution in [0.2, 0.25) is 0 Å². The number of nitrogens with zero attached hydrogens (tertiary/aromatic N) is 1. The van der Waals surface area contributed by atoms with Gasteiger partial charge in [-0.3, -0.25) is 0 Å². The van der Waals surface area contributed by atoms with Crippen LogP contribution < -0.4 is 0 Å². The Bertz CT molecular complexity index is 462. The van der Waals surface area contributed by atoms with Gasteiger partial charge in [0.15, 0.2) is 5.17 Å². The fourth-order valence-electron chi connectivity index (χ4n) is 3.23. The minimum atomic E-state index is 0.196. The molecule has 1 aromatic carbocycles. The maximum atomic E-state index is 8.95. The zero-order valence-electron chi connectivity index (χ0n) is 11.7. The summed E-state index contributed by atoms with van der Waals surface area (Å²) in [7, 11) is 0. The fourth-order valence-corrected chi connectivity index (χ4v) is 3.40. The lowest BCUT2D eigenvalue weighted by Crippen LogP contribution is -2.11. The van der Waals surface area contributed by atoms with Gasteiger partial charge in [-0.05, 0) is 35.8 Å².